The average molecular weight is 1330 g/mol. The zero-order valence-electron chi connectivity index (χ0n) is 49.0. The van der Waals surface area contributed by atoms with E-state index in [-0.39, 0.29) is 39.0 Å². The molecule has 0 radical (unpaired) electrons. The number of thiophene rings is 4. The predicted octanol–water partition coefficient (Wildman–Crippen LogP) is 18.5. The third kappa shape index (κ3) is 12.1. The van der Waals surface area contributed by atoms with Crippen LogP contribution in [0.4, 0.5) is 52.7 Å². The Morgan fingerprint density at radius 3 is 0.644 bits per heavy atom. The summed E-state index contributed by atoms with van der Waals surface area (Å²) in [5.41, 5.74) is -5.53. The molecule has 0 fully saturated rings. The topological polar surface area (TPSA) is 116 Å². The number of hydrogen-bond donors (Lipinski definition) is 4. The van der Waals surface area contributed by atoms with Crippen molar-refractivity contribution in [3.05, 3.63) is 229 Å². The molecule has 4 atom stereocenters. The zero-order valence-corrected chi connectivity index (χ0v) is 52.2. The van der Waals surface area contributed by atoms with Crippen LogP contribution in [0.2, 0.25) is 0 Å². The van der Waals surface area contributed by atoms with E-state index in [1.54, 1.807) is 149 Å². The number of benzene rings is 4. The predicted molar refractivity (Wildman–Crippen MR) is 329 cm³/mol. The monoisotopic (exact) mass is 1320 g/mol. The van der Waals surface area contributed by atoms with Gasteiger partial charge in [-0.1, -0.05) is 121 Å². The first-order valence-electron chi connectivity index (χ1n) is 27.8. The van der Waals surface area contributed by atoms with Gasteiger partial charge in [0.1, 0.15) is 0 Å². The molecular weight excluding hydrogens is 1270 g/mol. The van der Waals surface area contributed by atoms with Gasteiger partial charge in [0.25, 0.3) is 23.6 Å². The van der Waals surface area contributed by atoms with Gasteiger partial charge in [-0.15, -0.1) is 45.3 Å². The van der Waals surface area contributed by atoms with Gasteiger partial charge in [-0.2, -0.15) is 52.7 Å². The first-order valence-corrected chi connectivity index (χ1v) is 31.1. The van der Waals surface area contributed by atoms with Crippen LogP contribution in [0.15, 0.2) is 146 Å². The van der Waals surface area contributed by atoms with Crippen LogP contribution in [0, 0.1) is 27.7 Å². The third-order valence-electron chi connectivity index (χ3n) is 15.6. The van der Waals surface area contributed by atoms with Crippen LogP contribution >= 0.6 is 45.3 Å². The van der Waals surface area contributed by atoms with E-state index >= 15 is 35.1 Å². The van der Waals surface area contributed by atoms with E-state index in [0.717, 1.165) is 91.9 Å². The minimum absolute atomic E-state index is 0.0178. The second-order valence-electron chi connectivity index (χ2n) is 21.7. The molecule has 24 heteroatoms. The van der Waals surface area contributed by atoms with Gasteiger partial charge < -0.3 is 21.3 Å². The SMILES string of the molecule is Cc1sc(C(=O)N[C@H](C)c2ccccc2)cc1C1=C(c2cc(C(=O)N[C@H](C)c3ccccc3)sc2C)C(F)(F)C(F)(F)C1(F)F.Cc1sc(C(=O)N[C@H](C)c2ccccc2)cc1C1=C(c2cc(C(=O)N[C@H](C)c3ccccc3)sc2C)C(F)(F)C(F)(F)C1(F)F. The number of carbonyl (C=O) groups excluding carboxylic acids is 4. The van der Waals surface area contributed by atoms with Crippen molar-refractivity contribution in [3.63, 3.8) is 0 Å². The largest absolute Gasteiger partial charge is 0.380 e. The van der Waals surface area contributed by atoms with Crippen LogP contribution < -0.4 is 21.3 Å². The van der Waals surface area contributed by atoms with Crippen molar-refractivity contribution in [2.24, 2.45) is 0 Å². The highest BCUT2D eigenvalue weighted by atomic mass is 32.1. The number of carbonyl (C=O) groups is 4. The number of alkyl halides is 12. The van der Waals surface area contributed by atoms with E-state index in [4.69, 9.17) is 0 Å². The van der Waals surface area contributed by atoms with Crippen molar-refractivity contribution in [2.75, 3.05) is 0 Å². The van der Waals surface area contributed by atoms with E-state index in [9.17, 15) is 36.7 Å². The van der Waals surface area contributed by atoms with Crippen molar-refractivity contribution >= 4 is 91.3 Å². The van der Waals surface area contributed by atoms with Gasteiger partial charge in [0, 0.05) is 41.8 Å². The van der Waals surface area contributed by atoms with Crippen LogP contribution in [0.3, 0.4) is 0 Å². The van der Waals surface area contributed by atoms with Crippen molar-refractivity contribution < 1.29 is 71.9 Å². The molecule has 472 valence electrons. The Balaban J connectivity index is 0.000000213. The summed E-state index contributed by atoms with van der Waals surface area (Å²) in [5, 5.41) is 10.9. The van der Waals surface area contributed by atoms with E-state index in [1.165, 1.54) is 27.7 Å². The van der Waals surface area contributed by atoms with Gasteiger partial charge in [0.2, 0.25) is 0 Å². The van der Waals surface area contributed by atoms with Gasteiger partial charge in [-0.3, -0.25) is 19.2 Å². The molecule has 10 rings (SSSR count). The smallest absolute Gasteiger partial charge is 0.345 e. The Labute approximate surface area is 525 Å². The van der Waals surface area contributed by atoms with E-state index in [0.29, 0.717) is 0 Å². The van der Waals surface area contributed by atoms with E-state index in [1.807, 2.05) is 0 Å². The highest BCUT2D eigenvalue weighted by Crippen LogP contribution is 2.67. The zero-order chi connectivity index (χ0) is 65.8. The molecule has 4 N–H and O–H groups in total. The third-order valence-corrected chi connectivity index (χ3v) is 19.8. The minimum atomic E-state index is -5.78. The number of nitrogens with one attached hydrogen (secondary N) is 4. The van der Waals surface area contributed by atoms with Crippen LogP contribution in [-0.4, -0.2) is 59.2 Å². The molecule has 2 aliphatic carbocycles. The Morgan fingerprint density at radius 1 is 0.311 bits per heavy atom. The van der Waals surface area contributed by atoms with Gasteiger partial charge >= 0.3 is 35.5 Å². The molecule has 0 unspecified atom stereocenters. The highest BCUT2D eigenvalue weighted by molar-refractivity contribution is 7.15. The first kappa shape index (κ1) is 66.6. The van der Waals surface area contributed by atoms with Crippen LogP contribution in [0.5, 0.6) is 0 Å². The summed E-state index contributed by atoms with van der Waals surface area (Å²) in [4.78, 5) is 51.7. The number of amides is 4. The number of hydrogen-bond acceptors (Lipinski definition) is 8. The molecule has 0 bridgehead atoms. The lowest BCUT2D eigenvalue weighted by molar-refractivity contribution is -0.254. The Bertz CT molecular complexity index is 3570. The van der Waals surface area contributed by atoms with Crippen LogP contribution in [0.25, 0.3) is 22.3 Å². The lowest BCUT2D eigenvalue weighted by Crippen LogP contribution is -2.48. The number of rotatable bonds is 16. The molecule has 8 nitrogen and oxygen atoms in total. The summed E-state index contributed by atoms with van der Waals surface area (Å²) in [6, 6.07) is 37.4. The molecule has 0 spiro atoms. The number of aryl methyl sites for hydroxylation is 4. The molecule has 0 saturated carbocycles. The van der Waals surface area contributed by atoms with Gasteiger partial charge in [0.15, 0.2) is 0 Å². The van der Waals surface area contributed by atoms with E-state index < -0.39 is 128 Å². The number of halogens is 12. The second-order valence-corrected chi connectivity index (χ2v) is 26.7. The van der Waals surface area contributed by atoms with Gasteiger partial charge in [-0.25, -0.2) is 0 Å². The maximum Gasteiger partial charge on any atom is 0.380 e. The van der Waals surface area contributed by atoms with Crippen LogP contribution in [0.1, 0.15) is 155 Å². The summed E-state index contributed by atoms with van der Waals surface area (Å²) in [5.74, 6) is -35.4. The second kappa shape index (κ2) is 25.1. The summed E-state index contributed by atoms with van der Waals surface area (Å²) < 4.78 is 184. The summed E-state index contributed by atoms with van der Waals surface area (Å²) in [6.45, 7) is 12.0. The number of allylic oxidation sites excluding steroid dienone is 4. The summed E-state index contributed by atoms with van der Waals surface area (Å²) in [7, 11) is 0. The fraction of sp³-hybridized carbons (Fsp3) is 0.273. The first-order chi connectivity index (χ1) is 42.1. The maximum absolute atomic E-state index is 15.5. The van der Waals surface area contributed by atoms with Crippen LogP contribution in [-0.2, 0) is 0 Å². The molecule has 0 saturated heterocycles. The summed E-state index contributed by atoms with van der Waals surface area (Å²) in [6.07, 6.45) is 0. The molecule has 2 aliphatic rings. The van der Waals surface area contributed by atoms with Gasteiger partial charge in [0.05, 0.1) is 43.7 Å². The molecule has 4 amide bonds. The fourth-order valence-corrected chi connectivity index (χ4v) is 14.3. The van der Waals surface area contributed by atoms with Gasteiger partial charge in [-0.05, 0) is 124 Å². The molecule has 0 aliphatic heterocycles. The minimum Gasteiger partial charge on any atom is -0.345 e. The summed E-state index contributed by atoms with van der Waals surface area (Å²) >= 11 is 2.93. The quantitative estimate of drug-likeness (QED) is 0.0721. The lowest BCUT2D eigenvalue weighted by atomic mass is 9.95. The van der Waals surface area contributed by atoms with Crippen molar-refractivity contribution in [1.82, 2.24) is 21.3 Å². The molecule has 4 aromatic heterocycles. The molecule has 4 heterocycles. The normalized spacial score (nSPS) is 18.0. The Hall–Kier alpha value is -7.80. The van der Waals surface area contributed by atoms with Crippen molar-refractivity contribution in [3.8, 4) is 0 Å². The molecule has 90 heavy (non-hydrogen) atoms. The standard InChI is InChI=1S/2C33H28F6N2O2S2/c2*1-17(21-11-7-5-8-12-21)40-29(42)25-15-23(19(3)44-25)27-28(32(36,37)33(38,39)31(27,34)35)24-16-26(45-20(24)4)30(43)41-18(2)22-13-9-6-10-14-22/h2*5-18H,1-4H3,(H,40,42)(H,41,43)/t2*17-,18-/m11/s1. The Kier molecular flexibility index (Phi) is 18.6. The lowest BCUT2D eigenvalue weighted by Gasteiger charge is -2.25. The molecular formula is C66H56F12N4O4S4. The fourth-order valence-electron chi connectivity index (χ4n) is 10.6. The average Bonchev–Trinajstić information content (AvgIpc) is 1.54. The highest BCUT2D eigenvalue weighted by Gasteiger charge is 2.82. The molecule has 8 aromatic rings. The van der Waals surface area contributed by atoms with E-state index in [2.05, 4.69) is 21.3 Å². The van der Waals surface area contributed by atoms with Crippen molar-refractivity contribution in [2.45, 2.75) is 115 Å². The van der Waals surface area contributed by atoms with Crippen molar-refractivity contribution in [1.29, 1.82) is 0 Å². The Morgan fingerprint density at radius 2 is 0.478 bits per heavy atom. The maximum atomic E-state index is 15.5. The molecule has 4 aromatic carbocycles.